The molecule has 0 unspecified atom stereocenters. The molecule has 1 rings (SSSR count). The fraction of sp³-hybridized carbons (Fsp3) is 0. The molecule has 6 heteroatoms. The highest BCUT2D eigenvalue weighted by Crippen LogP contribution is 2.13. The number of sulfonamides is 1. The van der Waals surface area contributed by atoms with Gasteiger partial charge in [-0.15, -0.1) is 0 Å². The SMILES string of the molecule is N#CNc1cccc(S(N)(=O)=O)c1. The number of primary sulfonamides is 1. The quantitative estimate of drug-likeness (QED) is 0.523. The Hall–Kier alpha value is -1.58. The first-order valence-electron chi connectivity index (χ1n) is 3.32. The van der Waals surface area contributed by atoms with Crippen molar-refractivity contribution >= 4 is 15.7 Å². The standard InChI is InChI=1S/C7H7N3O2S/c8-5-10-6-2-1-3-7(4-6)13(9,11)12/h1-4,10H,(H2,9,11,12). The van der Waals surface area contributed by atoms with Gasteiger partial charge in [0.15, 0.2) is 6.19 Å². The Morgan fingerprint density at radius 3 is 2.69 bits per heavy atom. The highest BCUT2D eigenvalue weighted by atomic mass is 32.2. The monoisotopic (exact) mass is 197 g/mol. The smallest absolute Gasteiger partial charge is 0.238 e. The van der Waals surface area contributed by atoms with Gasteiger partial charge >= 0.3 is 0 Å². The van der Waals surface area contributed by atoms with E-state index in [1.165, 1.54) is 18.2 Å². The van der Waals surface area contributed by atoms with E-state index in [1.54, 1.807) is 12.3 Å². The van der Waals surface area contributed by atoms with Crippen LogP contribution in [0.5, 0.6) is 0 Å². The molecular weight excluding hydrogens is 190 g/mol. The molecule has 0 aliphatic carbocycles. The van der Waals surface area contributed by atoms with Gasteiger partial charge in [-0.3, -0.25) is 5.32 Å². The summed E-state index contributed by atoms with van der Waals surface area (Å²) in [7, 11) is -3.69. The molecule has 13 heavy (non-hydrogen) atoms. The summed E-state index contributed by atoms with van der Waals surface area (Å²) >= 11 is 0. The summed E-state index contributed by atoms with van der Waals surface area (Å²) < 4.78 is 21.7. The first-order chi connectivity index (χ1) is 6.04. The van der Waals surface area contributed by atoms with E-state index in [0.29, 0.717) is 5.69 Å². The van der Waals surface area contributed by atoms with Crippen molar-refractivity contribution in [3.63, 3.8) is 0 Å². The molecule has 0 aliphatic rings. The van der Waals surface area contributed by atoms with Gasteiger partial charge in [0.1, 0.15) is 0 Å². The van der Waals surface area contributed by atoms with E-state index >= 15 is 0 Å². The predicted octanol–water partition coefficient (Wildman–Crippen LogP) is 0.227. The fourth-order valence-electron chi connectivity index (χ4n) is 0.815. The number of nitrogens with one attached hydrogen (secondary N) is 1. The van der Waals surface area contributed by atoms with Crippen LogP contribution in [-0.4, -0.2) is 8.42 Å². The van der Waals surface area contributed by atoms with Crippen LogP contribution in [0.25, 0.3) is 0 Å². The van der Waals surface area contributed by atoms with Crippen molar-refractivity contribution in [1.29, 1.82) is 5.26 Å². The molecule has 3 N–H and O–H groups in total. The number of nitrogens with zero attached hydrogens (tertiary/aromatic N) is 1. The summed E-state index contributed by atoms with van der Waals surface area (Å²) in [4.78, 5) is -0.0206. The molecule has 68 valence electrons. The summed E-state index contributed by atoms with van der Waals surface area (Å²) in [6, 6.07) is 5.72. The van der Waals surface area contributed by atoms with Crippen LogP contribution in [-0.2, 0) is 10.0 Å². The highest BCUT2D eigenvalue weighted by molar-refractivity contribution is 7.89. The molecule has 0 fully saturated rings. The van der Waals surface area contributed by atoms with Crippen molar-refractivity contribution in [2.75, 3.05) is 5.32 Å². The molecule has 0 atom stereocenters. The van der Waals surface area contributed by atoms with Crippen LogP contribution < -0.4 is 10.5 Å². The second-order valence-corrected chi connectivity index (χ2v) is 3.87. The number of nitrogens with two attached hydrogens (primary N) is 1. The number of hydrogen-bond acceptors (Lipinski definition) is 4. The summed E-state index contributed by atoms with van der Waals surface area (Å²) in [5.74, 6) is 0. The lowest BCUT2D eigenvalue weighted by molar-refractivity contribution is 0.598. The third-order valence-electron chi connectivity index (χ3n) is 1.36. The van der Waals surface area contributed by atoms with E-state index in [2.05, 4.69) is 5.32 Å². The van der Waals surface area contributed by atoms with E-state index in [0.717, 1.165) is 0 Å². The van der Waals surface area contributed by atoms with Crippen molar-refractivity contribution in [2.45, 2.75) is 4.90 Å². The van der Waals surface area contributed by atoms with Gasteiger partial charge in [0.05, 0.1) is 4.90 Å². The molecule has 0 saturated carbocycles. The Kier molecular flexibility index (Phi) is 2.51. The zero-order valence-corrected chi connectivity index (χ0v) is 7.38. The van der Waals surface area contributed by atoms with Gasteiger partial charge in [-0.2, -0.15) is 5.26 Å². The molecule has 0 spiro atoms. The molecule has 0 heterocycles. The fourth-order valence-corrected chi connectivity index (χ4v) is 1.37. The number of hydrogen-bond donors (Lipinski definition) is 2. The maximum Gasteiger partial charge on any atom is 0.238 e. The molecule has 0 bridgehead atoms. The minimum Gasteiger partial charge on any atom is -0.293 e. The van der Waals surface area contributed by atoms with Crippen molar-refractivity contribution < 1.29 is 8.42 Å². The zero-order chi connectivity index (χ0) is 9.90. The van der Waals surface area contributed by atoms with E-state index < -0.39 is 10.0 Å². The first-order valence-corrected chi connectivity index (χ1v) is 4.86. The maximum absolute atomic E-state index is 10.9. The Balaban J connectivity index is 3.15. The zero-order valence-electron chi connectivity index (χ0n) is 6.56. The van der Waals surface area contributed by atoms with Gasteiger partial charge < -0.3 is 0 Å². The average molecular weight is 197 g/mol. The molecule has 0 aliphatic heterocycles. The second kappa shape index (κ2) is 3.43. The molecule has 1 aromatic carbocycles. The van der Waals surface area contributed by atoms with E-state index in [4.69, 9.17) is 10.4 Å². The third-order valence-corrected chi connectivity index (χ3v) is 2.27. The highest BCUT2D eigenvalue weighted by Gasteiger charge is 2.06. The van der Waals surface area contributed by atoms with Crippen LogP contribution in [0.4, 0.5) is 5.69 Å². The third kappa shape index (κ3) is 2.43. The van der Waals surface area contributed by atoms with Crippen molar-refractivity contribution in [3.8, 4) is 6.19 Å². The maximum atomic E-state index is 10.9. The topological polar surface area (TPSA) is 96.0 Å². The lowest BCUT2D eigenvalue weighted by Gasteiger charge is -2.00. The first kappa shape index (κ1) is 9.51. The van der Waals surface area contributed by atoms with Crippen LogP contribution in [0.2, 0.25) is 0 Å². The largest absolute Gasteiger partial charge is 0.293 e. The van der Waals surface area contributed by atoms with E-state index in [-0.39, 0.29) is 4.90 Å². The molecule has 0 amide bonds. The number of rotatable bonds is 2. The minimum atomic E-state index is -3.69. The van der Waals surface area contributed by atoms with Gasteiger partial charge in [-0.05, 0) is 18.2 Å². The Labute approximate surface area is 75.8 Å². The Morgan fingerprint density at radius 1 is 1.46 bits per heavy atom. The van der Waals surface area contributed by atoms with Gasteiger partial charge in [0.25, 0.3) is 0 Å². The van der Waals surface area contributed by atoms with Gasteiger partial charge in [-0.1, -0.05) is 6.07 Å². The van der Waals surface area contributed by atoms with Gasteiger partial charge in [-0.25, -0.2) is 13.6 Å². The lowest BCUT2D eigenvalue weighted by atomic mass is 10.3. The van der Waals surface area contributed by atoms with Crippen molar-refractivity contribution in [2.24, 2.45) is 5.14 Å². The van der Waals surface area contributed by atoms with E-state index in [9.17, 15) is 8.42 Å². The Bertz CT molecular complexity index is 447. The predicted molar refractivity (Wildman–Crippen MR) is 47.1 cm³/mol. The number of anilines is 1. The van der Waals surface area contributed by atoms with Gasteiger partial charge in [0, 0.05) is 5.69 Å². The second-order valence-electron chi connectivity index (χ2n) is 2.31. The average Bonchev–Trinajstić information content (AvgIpc) is 2.04. The lowest BCUT2D eigenvalue weighted by Crippen LogP contribution is -2.12. The van der Waals surface area contributed by atoms with Crippen LogP contribution >= 0.6 is 0 Å². The summed E-state index contributed by atoms with van der Waals surface area (Å²) in [5, 5.41) is 15.5. The number of benzene rings is 1. The van der Waals surface area contributed by atoms with Gasteiger partial charge in [0.2, 0.25) is 10.0 Å². The molecule has 0 aromatic heterocycles. The summed E-state index contributed by atoms with van der Waals surface area (Å²) in [5.41, 5.74) is 0.397. The molecule has 5 nitrogen and oxygen atoms in total. The normalized spacial score (nSPS) is 10.5. The van der Waals surface area contributed by atoms with Crippen LogP contribution in [0.15, 0.2) is 29.2 Å². The van der Waals surface area contributed by atoms with Crippen LogP contribution in [0.3, 0.4) is 0 Å². The molecular formula is C7H7N3O2S. The summed E-state index contributed by atoms with van der Waals surface area (Å²) in [6.07, 6.45) is 1.68. The molecule has 1 aromatic rings. The summed E-state index contributed by atoms with van der Waals surface area (Å²) in [6.45, 7) is 0. The minimum absolute atomic E-state index is 0.0206. The molecule has 0 saturated heterocycles. The van der Waals surface area contributed by atoms with Crippen LogP contribution in [0.1, 0.15) is 0 Å². The van der Waals surface area contributed by atoms with Crippen molar-refractivity contribution in [1.82, 2.24) is 0 Å². The van der Waals surface area contributed by atoms with Crippen molar-refractivity contribution in [3.05, 3.63) is 24.3 Å². The van der Waals surface area contributed by atoms with E-state index in [1.807, 2.05) is 0 Å². The number of nitriles is 1. The molecule has 0 radical (unpaired) electrons. The van der Waals surface area contributed by atoms with Crippen LogP contribution in [0, 0.1) is 11.5 Å². The Morgan fingerprint density at radius 2 is 2.15 bits per heavy atom.